The third-order valence-corrected chi connectivity index (χ3v) is 5.43. The van der Waals surface area contributed by atoms with Crippen molar-refractivity contribution in [3.63, 3.8) is 0 Å². The van der Waals surface area contributed by atoms with Crippen molar-refractivity contribution in [2.24, 2.45) is 0 Å². The number of anilines is 1. The van der Waals surface area contributed by atoms with Crippen LogP contribution in [0.1, 0.15) is 11.3 Å². The normalized spacial score (nSPS) is 11.0. The first-order valence-corrected chi connectivity index (χ1v) is 9.41. The van der Waals surface area contributed by atoms with Crippen molar-refractivity contribution < 1.29 is 4.79 Å². The summed E-state index contributed by atoms with van der Waals surface area (Å²) in [4.78, 5) is 12.2. The Bertz CT molecular complexity index is 969. The van der Waals surface area contributed by atoms with Crippen LogP contribution >= 0.6 is 50.7 Å². The number of halogens is 4. The van der Waals surface area contributed by atoms with E-state index >= 15 is 0 Å². The fourth-order valence-electron chi connectivity index (χ4n) is 2.28. The Labute approximate surface area is 173 Å². The second-order valence-corrected chi connectivity index (χ2v) is 7.63. The molecule has 0 saturated carbocycles. The van der Waals surface area contributed by atoms with Crippen LogP contribution in [0.2, 0.25) is 15.1 Å². The molecule has 0 aliphatic carbocycles. The minimum Gasteiger partial charge on any atom is -0.306 e. The Morgan fingerprint density at radius 1 is 1.23 bits per heavy atom. The summed E-state index contributed by atoms with van der Waals surface area (Å²) in [5, 5.41) is 12.4. The van der Waals surface area contributed by atoms with Crippen molar-refractivity contribution >= 4 is 62.5 Å². The van der Waals surface area contributed by atoms with E-state index in [0.29, 0.717) is 27.4 Å². The van der Waals surface area contributed by atoms with E-state index in [-0.39, 0.29) is 12.5 Å². The van der Waals surface area contributed by atoms with Crippen LogP contribution in [0.4, 0.5) is 5.82 Å². The number of hydrogen-bond donors (Lipinski definition) is 1. The average Bonchev–Trinajstić information content (AvgIpc) is 3.07. The van der Waals surface area contributed by atoms with Crippen LogP contribution in [0.5, 0.6) is 0 Å². The highest BCUT2D eigenvalue weighted by Gasteiger charge is 2.13. The maximum atomic E-state index is 12.2. The first-order chi connectivity index (χ1) is 12.3. The number of carbonyl (C=O) groups excluding carboxylic acids is 1. The molecule has 3 aromatic rings. The zero-order chi connectivity index (χ0) is 18.8. The Morgan fingerprint density at radius 3 is 2.65 bits per heavy atom. The van der Waals surface area contributed by atoms with E-state index in [9.17, 15) is 4.79 Å². The SMILES string of the molecule is Cc1c(Br)cnn1CC(=O)Nc1nn(Cc2ccc(Cl)c(Cl)c2)cc1Cl. The van der Waals surface area contributed by atoms with Crippen molar-refractivity contribution in [2.75, 3.05) is 5.32 Å². The smallest absolute Gasteiger partial charge is 0.247 e. The molecule has 1 aromatic carbocycles. The topological polar surface area (TPSA) is 64.7 Å². The van der Waals surface area contributed by atoms with E-state index in [4.69, 9.17) is 34.8 Å². The van der Waals surface area contributed by atoms with Crippen molar-refractivity contribution in [3.05, 3.63) is 61.4 Å². The van der Waals surface area contributed by atoms with Gasteiger partial charge in [-0.3, -0.25) is 14.2 Å². The highest BCUT2D eigenvalue weighted by atomic mass is 79.9. The summed E-state index contributed by atoms with van der Waals surface area (Å²) in [5.41, 5.74) is 1.77. The number of benzene rings is 1. The third-order valence-electron chi connectivity index (χ3n) is 3.64. The molecule has 0 fully saturated rings. The molecule has 10 heteroatoms. The minimum atomic E-state index is -0.273. The first kappa shape index (κ1) is 19.2. The van der Waals surface area contributed by atoms with Crippen LogP contribution < -0.4 is 5.32 Å². The summed E-state index contributed by atoms with van der Waals surface area (Å²) in [5.74, 6) is 0.0194. The van der Waals surface area contributed by atoms with Gasteiger partial charge in [-0.2, -0.15) is 10.2 Å². The van der Waals surface area contributed by atoms with E-state index in [1.807, 2.05) is 13.0 Å². The summed E-state index contributed by atoms with van der Waals surface area (Å²) in [6.07, 6.45) is 3.27. The second-order valence-electron chi connectivity index (χ2n) is 5.56. The molecule has 0 radical (unpaired) electrons. The standard InChI is InChI=1S/C16H13BrCl3N5O/c1-9-11(17)5-21-25(9)8-15(26)22-16-14(20)7-24(23-16)6-10-2-3-12(18)13(19)4-10/h2-5,7H,6,8H2,1H3,(H,22,23,26). The molecule has 6 nitrogen and oxygen atoms in total. The molecule has 1 amide bonds. The summed E-state index contributed by atoms with van der Waals surface area (Å²) < 4.78 is 4.04. The van der Waals surface area contributed by atoms with Crippen LogP contribution in [0.25, 0.3) is 0 Å². The van der Waals surface area contributed by atoms with E-state index < -0.39 is 0 Å². The van der Waals surface area contributed by atoms with Gasteiger partial charge in [0.05, 0.1) is 33.0 Å². The number of nitrogens with zero attached hydrogens (tertiary/aromatic N) is 4. The van der Waals surface area contributed by atoms with Crippen LogP contribution in [-0.4, -0.2) is 25.5 Å². The monoisotopic (exact) mass is 475 g/mol. The molecular formula is C16H13BrCl3N5O. The number of nitrogens with one attached hydrogen (secondary N) is 1. The van der Waals surface area contributed by atoms with Gasteiger partial charge in [0, 0.05) is 6.20 Å². The second kappa shape index (κ2) is 8.00. The van der Waals surface area contributed by atoms with Gasteiger partial charge in [0.15, 0.2) is 5.82 Å². The predicted octanol–water partition coefficient (Wildman–Crippen LogP) is 4.80. The van der Waals surface area contributed by atoms with Gasteiger partial charge >= 0.3 is 0 Å². The van der Waals surface area contributed by atoms with Crippen LogP contribution in [0, 0.1) is 6.92 Å². The van der Waals surface area contributed by atoms with E-state index in [0.717, 1.165) is 15.7 Å². The summed E-state index contributed by atoms with van der Waals surface area (Å²) in [6.45, 7) is 2.37. The zero-order valence-electron chi connectivity index (χ0n) is 13.5. The lowest BCUT2D eigenvalue weighted by Crippen LogP contribution is -2.20. The number of aromatic nitrogens is 4. The third kappa shape index (κ3) is 4.40. The van der Waals surface area contributed by atoms with Gasteiger partial charge in [0.1, 0.15) is 11.6 Å². The maximum absolute atomic E-state index is 12.2. The van der Waals surface area contributed by atoms with E-state index in [1.54, 1.807) is 33.9 Å². The lowest BCUT2D eigenvalue weighted by atomic mass is 10.2. The lowest BCUT2D eigenvalue weighted by molar-refractivity contribution is -0.117. The van der Waals surface area contributed by atoms with E-state index in [1.165, 1.54) is 0 Å². The van der Waals surface area contributed by atoms with Crippen LogP contribution in [-0.2, 0) is 17.9 Å². The van der Waals surface area contributed by atoms with Crippen molar-refractivity contribution in [3.8, 4) is 0 Å². The van der Waals surface area contributed by atoms with E-state index in [2.05, 4.69) is 31.4 Å². The average molecular weight is 478 g/mol. The number of carbonyl (C=O) groups is 1. The molecule has 0 saturated heterocycles. The molecule has 0 atom stereocenters. The molecule has 0 spiro atoms. The van der Waals surface area contributed by atoms with Crippen LogP contribution in [0.15, 0.2) is 35.1 Å². The first-order valence-electron chi connectivity index (χ1n) is 7.48. The van der Waals surface area contributed by atoms with Gasteiger partial charge in [0.2, 0.25) is 5.91 Å². The summed E-state index contributed by atoms with van der Waals surface area (Å²) >= 11 is 21.5. The Kier molecular flexibility index (Phi) is 5.92. The Balaban J connectivity index is 1.68. The molecule has 26 heavy (non-hydrogen) atoms. The molecule has 0 unspecified atom stereocenters. The Morgan fingerprint density at radius 2 is 2.00 bits per heavy atom. The van der Waals surface area contributed by atoms with Gasteiger partial charge in [-0.25, -0.2) is 0 Å². The maximum Gasteiger partial charge on any atom is 0.247 e. The zero-order valence-corrected chi connectivity index (χ0v) is 17.4. The molecule has 0 bridgehead atoms. The van der Waals surface area contributed by atoms with Gasteiger partial charge in [0.25, 0.3) is 0 Å². The highest BCUT2D eigenvalue weighted by molar-refractivity contribution is 9.10. The molecule has 2 aromatic heterocycles. The highest BCUT2D eigenvalue weighted by Crippen LogP contribution is 2.24. The quantitative estimate of drug-likeness (QED) is 0.574. The number of hydrogen-bond acceptors (Lipinski definition) is 3. The number of rotatable bonds is 5. The largest absolute Gasteiger partial charge is 0.306 e. The molecule has 1 N–H and O–H groups in total. The predicted molar refractivity (Wildman–Crippen MR) is 106 cm³/mol. The molecule has 2 heterocycles. The number of amides is 1. The van der Waals surface area contributed by atoms with Gasteiger partial charge in [-0.15, -0.1) is 0 Å². The Hall–Kier alpha value is -1.54. The lowest BCUT2D eigenvalue weighted by Gasteiger charge is -2.05. The fourth-order valence-corrected chi connectivity index (χ4v) is 3.09. The molecule has 3 rings (SSSR count). The molecule has 136 valence electrons. The summed E-state index contributed by atoms with van der Waals surface area (Å²) in [7, 11) is 0. The molecule has 0 aliphatic rings. The van der Waals surface area contributed by atoms with Gasteiger partial charge < -0.3 is 5.32 Å². The van der Waals surface area contributed by atoms with Crippen molar-refractivity contribution in [2.45, 2.75) is 20.0 Å². The minimum absolute atomic E-state index is 0.0629. The fraction of sp³-hybridized carbons (Fsp3) is 0.188. The summed E-state index contributed by atoms with van der Waals surface area (Å²) in [6, 6.07) is 5.33. The molecular weight excluding hydrogens is 464 g/mol. The van der Waals surface area contributed by atoms with Crippen molar-refractivity contribution in [1.82, 2.24) is 19.6 Å². The molecule has 0 aliphatic heterocycles. The van der Waals surface area contributed by atoms with Crippen LogP contribution in [0.3, 0.4) is 0 Å². The van der Waals surface area contributed by atoms with Gasteiger partial charge in [-0.1, -0.05) is 40.9 Å². The van der Waals surface area contributed by atoms with Gasteiger partial charge in [-0.05, 0) is 40.5 Å². The van der Waals surface area contributed by atoms with Crippen molar-refractivity contribution in [1.29, 1.82) is 0 Å².